The molecule has 0 unspecified atom stereocenters. The number of rotatable bonds is 5. The molecule has 1 heteroatoms. The molecule has 0 heterocycles. The van der Waals surface area contributed by atoms with E-state index in [4.69, 9.17) is 4.74 Å². The standard InChI is InChI=1S/C14H20O/c1-5-11-14(3,4)12-7-9-13(10-8-12)15-6-2/h5,7-10H,1,6,11H2,2-4H3. The maximum Gasteiger partial charge on any atom is 0.119 e. The Hall–Kier alpha value is -1.24. The van der Waals surface area contributed by atoms with E-state index in [0.29, 0.717) is 0 Å². The van der Waals surface area contributed by atoms with Gasteiger partial charge in [0, 0.05) is 0 Å². The molecule has 0 saturated heterocycles. The normalized spacial score (nSPS) is 11.1. The third-order valence-electron chi connectivity index (χ3n) is 2.60. The largest absolute Gasteiger partial charge is 0.494 e. The summed E-state index contributed by atoms with van der Waals surface area (Å²) in [5.41, 5.74) is 1.48. The van der Waals surface area contributed by atoms with Gasteiger partial charge in [0.15, 0.2) is 0 Å². The van der Waals surface area contributed by atoms with Gasteiger partial charge in [-0.1, -0.05) is 32.1 Å². The minimum atomic E-state index is 0.159. The fourth-order valence-electron chi connectivity index (χ4n) is 1.65. The van der Waals surface area contributed by atoms with Crippen molar-refractivity contribution in [3.05, 3.63) is 42.5 Å². The zero-order chi connectivity index (χ0) is 11.3. The van der Waals surface area contributed by atoms with Crippen LogP contribution in [0.1, 0.15) is 32.8 Å². The zero-order valence-corrected chi connectivity index (χ0v) is 9.92. The van der Waals surface area contributed by atoms with Crippen LogP contribution in [0.3, 0.4) is 0 Å². The monoisotopic (exact) mass is 204 g/mol. The summed E-state index contributed by atoms with van der Waals surface area (Å²) >= 11 is 0. The van der Waals surface area contributed by atoms with Crippen molar-refractivity contribution in [3.8, 4) is 5.75 Å². The Balaban J connectivity index is 2.83. The third kappa shape index (κ3) is 3.12. The number of benzene rings is 1. The van der Waals surface area contributed by atoms with Gasteiger partial charge in [0.2, 0.25) is 0 Å². The van der Waals surface area contributed by atoms with Crippen molar-refractivity contribution in [3.63, 3.8) is 0 Å². The molecule has 0 aliphatic heterocycles. The molecule has 82 valence electrons. The maximum absolute atomic E-state index is 5.41. The topological polar surface area (TPSA) is 9.23 Å². The molecule has 1 aromatic carbocycles. The van der Waals surface area contributed by atoms with E-state index in [9.17, 15) is 0 Å². The Bertz CT molecular complexity index is 309. The van der Waals surface area contributed by atoms with Crippen molar-refractivity contribution in [1.82, 2.24) is 0 Å². The molecular weight excluding hydrogens is 184 g/mol. The SMILES string of the molecule is C=CCC(C)(C)c1ccc(OCC)cc1. The lowest BCUT2D eigenvalue weighted by Gasteiger charge is -2.23. The summed E-state index contributed by atoms with van der Waals surface area (Å²) in [7, 11) is 0. The smallest absolute Gasteiger partial charge is 0.119 e. The van der Waals surface area contributed by atoms with Crippen molar-refractivity contribution < 1.29 is 4.74 Å². The van der Waals surface area contributed by atoms with Crippen LogP contribution in [-0.2, 0) is 5.41 Å². The van der Waals surface area contributed by atoms with E-state index < -0.39 is 0 Å². The summed E-state index contributed by atoms with van der Waals surface area (Å²) < 4.78 is 5.41. The van der Waals surface area contributed by atoms with Crippen molar-refractivity contribution in [2.75, 3.05) is 6.61 Å². The van der Waals surface area contributed by atoms with Crippen LogP contribution < -0.4 is 4.74 Å². The molecule has 0 saturated carbocycles. The zero-order valence-electron chi connectivity index (χ0n) is 9.92. The average Bonchev–Trinajstić information content (AvgIpc) is 2.19. The highest BCUT2D eigenvalue weighted by molar-refractivity contribution is 5.31. The van der Waals surface area contributed by atoms with Gasteiger partial charge in [0.25, 0.3) is 0 Å². The lowest BCUT2D eigenvalue weighted by atomic mass is 9.82. The number of hydrogen-bond acceptors (Lipinski definition) is 1. The minimum Gasteiger partial charge on any atom is -0.494 e. The summed E-state index contributed by atoms with van der Waals surface area (Å²) in [6.07, 6.45) is 2.96. The molecule has 0 aliphatic rings. The molecule has 0 radical (unpaired) electrons. The van der Waals surface area contributed by atoms with Gasteiger partial charge in [-0.05, 0) is 36.5 Å². The van der Waals surface area contributed by atoms with Crippen LogP contribution in [0.5, 0.6) is 5.75 Å². The lowest BCUT2D eigenvalue weighted by Crippen LogP contribution is -2.15. The first kappa shape index (κ1) is 11.8. The van der Waals surface area contributed by atoms with Crippen LogP contribution in [0.25, 0.3) is 0 Å². The molecule has 0 bridgehead atoms. The van der Waals surface area contributed by atoms with Gasteiger partial charge in [-0.15, -0.1) is 6.58 Å². The summed E-state index contributed by atoms with van der Waals surface area (Å²) in [6, 6.07) is 8.33. The summed E-state index contributed by atoms with van der Waals surface area (Å²) in [5.74, 6) is 0.940. The highest BCUT2D eigenvalue weighted by Gasteiger charge is 2.18. The van der Waals surface area contributed by atoms with Gasteiger partial charge < -0.3 is 4.74 Å². The van der Waals surface area contributed by atoms with Gasteiger partial charge >= 0.3 is 0 Å². The van der Waals surface area contributed by atoms with Crippen LogP contribution in [0, 0.1) is 0 Å². The Labute approximate surface area is 92.8 Å². The van der Waals surface area contributed by atoms with Gasteiger partial charge in [-0.25, -0.2) is 0 Å². The molecule has 1 rings (SSSR count). The quantitative estimate of drug-likeness (QED) is 0.660. The second-order valence-electron chi connectivity index (χ2n) is 4.33. The molecule has 0 atom stereocenters. The Kier molecular flexibility index (Phi) is 3.96. The molecule has 0 spiro atoms. The summed E-state index contributed by atoms with van der Waals surface area (Å²) in [4.78, 5) is 0. The van der Waals surface area contributed by atoms with Crippen LogP contribution in [0.2, 0.25) is 0 Å². The third-order valence-corrected chi connectivity index (χ3v) is 2.60. The van der Waals surface area contributed by atoms with Crippen molar-refractivity contribution in [1.29, 1.82) is 0 Å². The lowest BCUT2D eigenvalue weighted by molar-refractivity contribution is 0.340. The second kappa shape index (κ2) is 5.01. The van der Waals surface area contributed by atoms with Crippen LogP contribution in [0.4, 0.5) is 0 Å². The molecule has 1 aromatic rings. The first-order valence-electron chi connectivity index (χ1n) is 5.44. The summed E-state index contributed by atoms with van der Waals surface area (Å²) in [5, 5.41) is 0. The van der Waals surface area contributed by atoms with E-state index in [1.807, 2.05) is 25.1 Å². The molecular formula is C14H20O. The molecule has 1 nitrogen and oxygen atoms in total. The predicted molar refractivity (Wildman–Crippen MR) is 65.5 cm³/mol. The van der Waals surface area contributed by atoms with Crippen molar-refractivity contribution in [2.45, 2.75) is 32.6 Å². The van der Waals surface area contributed by atoms with E-state index in [2.05, 4.69) is 32.6 Å². The predicted octanol–water partition coefficient (Wildman–Crippen LogP) is 3.94. The molecule has 0 aliphatic carbocycles. The molecule has 15 heavy (non-hydrogen) atoms. The van der Waals surface area contributed by atoms with E-state index in [-0.39, 0.29) is 5.41 Å². The molecule has 0 aromatic heterocycles. The van der Waals surface area contributed by atoms with Gasteiger partial charge in [0.1, 0.15) is 5.75 Å². The molecule has 0 amide bonds. The molecule has 0 fully saturated rings. The van der Waals surface area contributed by atoms with E-state index >= 15 is 0 Å². The van der Waals surface area contributed by atoms with Crippen LogP contribution >= 0.6 is 0 Å². The van der Waals surface area contributed by atoms with Crippen LogP contribution in [-0.4, -0.2) is 6.61 Å². The Morgan fingerprint density at radius 2 is 1.87 bits per heavy atom. The summed E-state index contributed by atoms with van der Waals surface area (Å²) in [6.45, 7) is 11.0. The van der Waals surface area contributed by atoms with Gasteiger partial charge in [0.05, 0.1) is 6.61 Å². The fourth-order valence-corrected chi connectivity index (χ4v) is 1.65. The minimum absolute atomic E-state index is 0.159. The first-order valence-corrected chi connectivity index (χ1v) is 5.44. The number of ether oxygens (including phenoxy) is 1. The highest BCUT2D eigenvalue weighted by atomic mass is 16.5. The van der Waals surface area contributed by atoms with E-state index in [0.717, 1.165) is 18.8 Å². The van der Waals surface area contributed by atoms with Gasteiger partial charge in [-0.2, -0.15) is 0 Å². The van der Waals surface area contributed by atoms with Crippen molar-refractivity contribution in [2.24, 2.45) is 0 Å². The van der Waals surface area contributed by atoms with E-state index in [1.165, 1.54) is 5.56 Å². The average molecular weight is 204 g/mol. The second-order valence-corrected chi connectivity index (χ2v) is 4.33. The van der Waals surface area contributed by atoms with Crippen molar-refractivity contribution >= 4 is 0 Å². The van der Waals surface area contributed by atoms with Crippen LogP contribution in [0.15, 0.2) is 36.9 Å². The highest BCUT2D eigenvalue weighted by Crippen LogP contribution is 2.28. The number of hydrogen-bond donors (Lipinski definition) is 0. The van der Waals surface area contributed by atoms with E-state index in [1.54, 1.807) is 0 Å². The maximum atomic E-state index is 5.41. The fraction of sp³-hybridized carbons (Fsp3) is 0.429. The molecule has 0 N–H and O–H groups in total. The van der Waals surface area contributed by atoms with Gasteiger partial charge in [-0.3, -0.25) is 0 Å². The Morgan fingerprint density at radius 3 is 2.33 bits per heavy atom. The first-order chi connectivity index (χ1) is 7.10. The Morgan fingerprint density at radius 1 is 1.27 bits per heavy atom. The number of allylic oxidation sites excluding steroid dienone is 1.